The van der Waals surface area contributed by atoms with Crippen LogP contribution >= 0.6 is 0 Å². The first kappa shape index (κ1) is 21.0. The number of aliphatic hydroxyl groups excluding tert-OH is 2. The Balaban J connectivity index is 1.47. The fourth-order valence-electron chi connectivity index (χ4n) is 3.69. The number of ether oxygens (including phenoxy) is 1. The molecule has 2 aromatic rings. The number of halogens is 1. The highest BCUT2D eigenvalue weighted by Gasteiger charge is 2.33. The number of benzene rings is 1. The number of pyridine rings is 1. The SMILES string of the molecule is CC(=O)NC[C@H]1CN(c2ccc(-c3ccc(N4CC(O)C(O)C4)nc3)c(F)c2)C(=O)O1. The van der Waals surface area contributed by atoms with Gasteiger partial charge in [0.15, 0.2) is 0 Å². The quantitative estimate of drug-likeness (QED) is 0.645. The van der Waals surface area contributed by atoms with Crippen molar-refractivity contribution in [2.75, 3.05) is 36.0 Å². The molecule has 1 aromatic carbocycles. The van der Waals surface area contributed by atoms with Gasteiger partial charge in [-0.3, -0.25) is 9.69 Å². The van der Waals surface area contributed by atoms with Gasteiger partial charge in [-0.25, -0.2) is 14.2 Å². The fraction of sp³-hybridized carbons (Fsp3) is 0.381. The van der Waals surface area contributed by atoms with Crippen molar-refractivity contribution in [2.24, 2.45) is 0 Å². The monoisotopic (exact) mass is 430 g/mol. The summed E-state index contributed by atoms with van der Waals surface area (Å²) in [6.45, 7) is 2.35. The fourth-order valence-corrected chi connectivity index (χ4v) is 3.69. The summed E-state index contributed by atoms with van der Waals surface area (Å²) in [4.78, 5) is 30.6. The lowest BCUT2D eigenvalue weighted by molar-refractivity contribution is -0.119. The number of cyclic esters (lactones) is 1. The van der Waals surface area contributed by atoms with E-state index in [4.69, 9.17) is 4.74 Å². The molecule has 2 aliphatic rings. The van der Waals surface area contributed by atoms with Crippen molar-refractivity contribution in [1.82, 2.24) is 10.3 Å². The molecule has 10 heteroatoms. The minimum Gasteiger partial charge on any atom is -0.442 e. The number of aromatic nitrogens is 1. The van der Waals surface area contributed by atoms with Crippen molar-refractivity contribution in [3.05, 3.63) is 42.3 Å². The Labute approximate surface area is 178 Å². The van der Waals surface area contributed by atoms with E-state index in [1.165, 1.54) is 24.1 Å². The molecule has 31 heavy (non-hydrogen) atoms. The molecule has 2 saturated heterocycles. The van der Waals surface area contributed by atoms with Gasteiger partial charge >= 0.3 is 6.09 Å². The van der Waals surface area contributed by atoms with E-state index in [-0.39, 0.29) is 32.1 Å². The van der Waals surface area contributed by atoms with Crippen molar-refractivity contribution in [1.29, 1.82) is 0 Å². The van der Waals surface area contributed by atoms with Crippen LogP contribution in [0.5, 0.6) is 0 Å². The third-order valence-corrected chi connectivity index (χ3v) is 5.36. The summed E-state index contributed by atoms with van der Waals surface area (Å²) in [5, 5.41) is 22.0. The molecule has 3 heterocycles. The Kier molecular flexibility index (Phi) is 5.75. The maximum absolute atomic E-state index is 14.8. The normalized spacial score (nSPS) is 23.2. The number of amides is 2. The highest BCUT2D eigenvalue weighted by Crippen LogP contribution is 2.30. The molecule has 4 rings (SSSR count). The third-order valence-electron chi connectivity index (χ3n) is 5.36. The van der Waals surface area contributed by atoms with Gasteiger partial charge in [0.1, 0.15) is 17.7 Å². The molecule has 3 atom stereocenters. The first-order valence-electron chi connectivity index (χ1n) is 9.91. The molecule has 0 aliphatic carbocycles. The molecule has 0 radical (unpaired) electrons. The van der Waals surface area contributed by atoms with Crippen molar-refractivity contribution >= 4 is 23.5 Å². The Morgan fingerprint density at radius 3 is 2.58 bits per heavy atom. The average Bonchev–Trinajstić information content (AvgIpc) is 3.28. The van der Waals surface area contributed by atoms with E-state index >= 15 is 0 Å². The Hall–Kier alpha value is -3.24. The zero-order valence-corrected chi connectivity index (χ0v) is 16.9. The van der Waals surface area contributed by atoms with Crippen molar-refractivity contribution in [2.45, 2.75) is 25.2 Å². The number of carbonyl (C=O) groups excluding carboxylic acids is 2. The Bertz CT molecular complexity index is 976. The molecule has 3 N–H and O–H groups in total. The molecule has 0 saturated carbocycles. The molecule has 1 aromatic heterocycles. The Morgan fingerprint density at radius 1 is 1.23 bits per heavy atom. The predicted molar refractivity (Wildman–Crippen MR) is 110 cm³/mol. The van der Waals surface area contributed by atoms with Gasteiger partial charge in [0, 0.05) is 37.3 Å². The van der Waals surface area contributed by atoms with Crippen LogP contribution < -0.4 is 15.1 Å². The third kappa shape index (κ3) is 4.44. The van der Waals surface area contributed by atoms with E-state index in [2.05, 4.69) is 10.3 Å². The van der Waals surface area contributed by atoms with Gasteiger partial charge in [-0.15, -0.1) is 0 Å². The summed E-state index contributed by atoms with van der Waals surface area (Å²) >= 11 is 0. The van der Waals surface area contributed by atoms with Gasteiger partial charge in [0.2, 0.25) is 5.91 Å². The molecule has 2 unspecified atom stereocenters. The summed E-state index contributed by atoms with van der Waals surface area (Å²) in [5.41, 5.74) is 1.24. The van der Waals surface area contributed by atoms with Crippen LogP contribution in [-0.4, -0.2) is 71.7 Å². The molecule has 0 spiro atoms. The number of β-amino-alcohol motifs (C(OH)–C–C–N with tert-alkyl or cyclic N) is 2. The smallest absolute Gasteiger partial charge is 0.414 e. The van der Waals surface area contributed by atoms with Crippen LogP contribution in [0.3, 0.4) is 0 Å². The van der Waals surface area contributed by atoms with Crippen LogP contribution in [0.25, 0.3) is 11.1 Å². The lowest BCUT2D eigenvalue weighted by atomic mass is 10.1. The van der Waals surface area contributed by atoms with Crippen LogP contribution in [-0.2, 0) is 9.53 Å². The summed E-state index contributed by atoms with van der Waals surface area (Å²) in [5.74, 6) is -0.153. The number of hydrogen-bond donors (Lipinski definition) is 3. The van der Waals surface area contributed by atoms with Gasteiger partial charge in [-0.2, -0.15) is 0 Å². The van der Waals surface area contributed by atoms with Gasteiger partial charge in [-0.1, -0.05) is 0 Å². The van der Waals surface area contributed by atoms with Crippen LogP contribution in [0.15, 0.2) is 36.5 Å². The van der Waals surface area contributed by atoms with Crippen LogP contribution in [0.1, 0.15) is 6.92 Å². The predicted octanol–water partition coefficient (Wildman–Crippen LogP) is 0.891. The maximum Gasteiger partial charge on any atom is 0.414 e. The second-order valence-corrected chi connectivity index (χ2v) is 7.66. The minimum absolute atomic E-state index is 0.196. The van der Waals surface area contributed by atoms with Gasteiger partial charge in [0.25, 0.3) is 0 Å². The Morgan fingerprint density at radius 2 is 1.97 bits per heavy atom. The van der Waals surface area contributed by atoms with Crippen molar-refractivity contribution < 1.29 is 28.9 Å². The van der Waals surface area contributed by atoms with Gasteiger partial charge < -0.3 is 25.2 Å². The van der Waals surface area contributed by atoms with Crippen LogP contribution in [0.4, 0.5) is 20.7 Å². The molecule has 164 valence electrons. The average molecular weight is 430 g/mol. The van der Waals surface area contributed by atoms with Crippen LogP contribution in [0, 0.1) is 5.82 Å². The first-order chi connectivity index (χ1) is 14.8. The number of nitrogens with zero attached hydrogens (tertiary/aromatic N) is 3. The molecular formula is C21H23FN4O5. The summed E-state index contributed by atoms with van der Waals surface area (Å²) < 4.78 is 20.0. The maximum atomic E-state index is 14.8. The lowest BCUT2D eigenvalue weighted by Crippen LogP contribution is -2.33. The number of aliphatic hydroxyl groups is 2. The van der Waals surface area contributed by atoms with E-state index in [0.717, 1.165) is 0 Å². The summed E-state index contributed by atoms with van der Waals surface area (Å²) in [7, 11) is 0. The lowest BCUT2D eigenvalue weighted by Gasteiger charge is -2.17. The molecular weight excluding hydrogens is 407 g/mol. The van der Waals surface area contributed by atoms with E-state index in [9.17, 15) is 24.2 Å². The second kappa shape index (κ2) is 8.48. The number of hydrogen-bond acceptors (Lipinski definition) is 7. The number of nitrogens with one attached hydrogen (secondary N) is 1. The molecule has 9 nitrogen and oxygen atoms in total. The largest absolute Gasteiger partial charge is 0.442 e. The second-order valence-electron chi connectivity index (χ2n) is 7.66. The number of rotatable bonds is 5. The topological polar surface area (TPSA) is 115 Å². The van der Waals surface area contributed by atoms with E-state index in [0.29, 0.717) is 22.6 Å². The molecule has 2 aliphatic heterocycles. The van der Waals surface area contributed by atoms with E-state index < -0.39 is 30.2 Å². The van der Waals surface area contributed by atoms with E-state index in [1.807, 2.05) is 0 Å². The molecule has 2 amide bonds. The van der Waals surface area contributed by atoms with Gasteiger partial charge in [-0.05, 0) is 30.3 Å². The van der Waals surface area contributed by atoms with Crippen molar-refractivity contribution in [3.8, 4) is 11.1 Å². The minimum atomic E-state index is -0.818. The zero-order valence-electron chi connectivity index (χ0n) is 16.9. The zero-order chi connectivity index (χ0) is 22.1. The number of carbonyl (C=O) groups is 2. The standard InChI is InChI=1S/C21H23FN4O5/c1-12(27)23-8-15-9-26(21(30)31-15)14-3-4-16(17(22)6-14)13-2-5-20(24-7-13)25-10-18(28)19(29)11-25/h2-7,15,18-19,28-29H,8-11H2,1H3,(H,23,27)/t15-,18?,19?/m0/s1. The summed E-state index contributed by atoms with van der Waals surface area (Å²) in [6.07, 6.45) is -1.21. The summed E-state index contributed by atoms with van der Waals surface area (Å²) in [6, 6.07) is 7.88. The van der Waals surface area contributed by atoms with Crippen molar-refractivity contribution in [3.63, 3.8) is 0 Å². The first-order valence-corrected chi connectivity index (χ1v) is 9.91. The van der Waals surface area contributed by atoms with Crippen LogP contribution in [0.2, 0.25) is 0 Å². The number of anilines is 2. The molecule has 2 fully saturated rings. The molecule has 0 bridgehead atoms. The van der Waals surface area contributed by atoms with Gasteiger partial charge in [0.05, 0.1) is 31.0 Å². The highest BCUT2D eigenvalue weighted by molar-refractivity contribution is 5.90. The van der Waals surface area contributed by atoms with E-state index in [1.54, 1.807) is 29.2 Å². The highest BCUT2D eigenvalue weighted by atomic mass is 19.1.